The molecule has 1 spiro atoms. The second-order valence-corrected chi connectivity index (χ2v) is 4.52. The van der Waals surface area contributed by atoms with Gasteiger partial charge in [0.1, 0.15) is 0 Å². The molecule has 2 aliphatic heterocycles. The molecule has 0 atom stereocenters. The van der Waals surface area contributed by atoms with Crippen LogP contribution in [-0.2, 0) is 0 Å². The van der Waals surface area contributed by atoms with Gasteiger partial charge in [-0.25, -0.2) is 0 Å². The lowest BCUT2D eigenvalue weighted by molar-refractivity contribution is 0.129. The quantitative estimate of drug-likeness (QED) is 0.643. The minimum Gasteiger partial charge on any atom is -0.316 e. The first-order valence-corrected chi connectivity index (χ1v) is 5.39. The van der Waals surface area contributed by atoms with Crippen molar-refractivity contribution in [3.8, 4) is 0 Å². The number of rotatable bonds is 2. The Hall–Kier alpha value is -0.340. The minimum atomic E-state index is 0.664. The van der Waals surface area contributed by atoms with E-state index in [-0.39, 0.29) is 0 Å². The van der Waals surface area contributed by atoms with Gasteiger partial charge in [-0.2, -0.15) is 0 Å². The van der Waals surface area contributed by atoms with Gasteiger partial charge >= 0.3 is 0 Å². The van der Waals surface area contributed by atoms with Crippen LogP contribution in [0.15, 0.2) is 12.7 Å². The third-order valence-corrected chi connectivity index (χ3v) is 3.64. The Morgan fingerprint density at radius 2 is 2.08 bits per heavy atom. The van der Waals surface area contributed by atoms with E-state index in [1.165, 1.54) is 45.4 Å². The van der Waals surface area contributed by atoms with E-state index in [1.807, 2.05) is 6.08 Å². The summed E-state index contributed by atoms with van der Waals surface area (Å²) in [6.07, 6.45) is 6.18. The number of nitrogens with one attached hydrogen (secondary N) is 1. The summed E-state index contributed by atoms with van der Waals surface area (Å²) >= 11 is 0. The third kappa shape index (κ3) is 1.94. The highest BCUT2D eigenvalue weighted by Gasteiger charge is 2.36. The number of hydrogen-bond donors (Lipinski definition) is 1. The predicted octanol–water partition coefficient (Wildman–Crippen LogP) is 1.25. The number of nitrogens with zero attached hydrogens (tertiary/aromatic N) is 1. The van der Waals surface area contributed by atoms with Crippen LogP contribution in [-0.4, -0.2) is 37.6 Å². The van der Waals surface area contributed by atoms with E-state index in [0.717, 1.165) is 6.54 Å². The maximum atomic E-state index is 3.79. The van der Waals surface area contributed by atoms with E-state index in [0.29, 0.717) is 5.41 Å². The number of hydrogen-bond acceptors (Lipinski definition) is 2. The van der Waals surface area contributed by atoms with Crippen molar-refractivity contribution in [2.45, 2.75) is 19.3 Å². The molecule has 2 nitrogen and oxygen atoms in total. The summed E-state index contributed by atoms with van der Waals surface area (Å²) in [5.74, 6) is 0. The van der Waals surface area contributed by atoms with Gasteiger partial charge in [-0.1, -0.05) is 6.08 Å². The fourth-order valence-corrected chi connectivity index (χ4v) is 2.61. The molecule has 1 N–H and O–H groups in total. The van der Waals surface area contributed by atoms with Crippen molar-refractivity contribution in [1.29, 1.82) is 0 Å². The Labute approximate surface area is 81.0 Å². The van der Waals surface area contributed by atoms with Gasteiger partial charge in [-0.3, -0.25) is 4.90 Å². The Balaban J connectivity index is 1.84. The third-order valence-electron chi connectivity index (χ3n) is 3.64. The Kier molecular flexibility index (Phi) is 2.70. The molecule has 2 heteroatoms. The minimum absolute atomic E-state index is 0.664. The van der Waals surface area contributed by atoms with Crippen molar-refractivity contribution in [1.82, 2.24) is 10.2 Å². The molecule has 2 fully saturated rings. The van der Waals surface area contributed by atoms with Crippen molar-refractivity contribution in [3.05, 3.63) is 12.7 Å². The van der Waals surface area contributed by atoms with Crippen LogP contribution < -0.4 is 5.32 Å². The summed E-state index contributed by atoms with van der Waals surface area (Å²) < 4.78 is 0. The lowest BCUT2D eigenvalue weighted by atomic mass is 9.78. The standard InChI is InChI=1S/C11H20N2/c1-2-7-13-8-4-11(5-9-13)3-6-12-10-11/h2,12H,1,3-10H2. The van der Waals surface area contributed by atoms with Gasteiger partial charge in [-0.15, -0.1) is 6.58 Å². The van der Waals surface area contributed by atoms with Crippen molar-refractivity contribution in [3.63, 3.8) is 0 Å². The SMILES string of the molecule is C=CCN1CCC2(CCNC2)CC1. The van der Waals surface area contributed by atoms with Crippen molar-refractivity contribution in [2.75, 3.05) is 32.7 Å². The van der Waals surface area contributed by atoms with E-state index in [2.05, 4.69) is 16.8 Å². The van der Waals surface area contributed by atoms with Crippen LogP contribution in [0.3, 0.4) is 0 Å². The lowest BCUT2D eigenvalue weighted by Crippen LogP contribution is -2.41. The van der Waals surface area contributed by atoms with Crippen LogP contribution in [0.4, 0.5) is 0 Å². The molecule has 0 aromatic rings. The zero-order chi connectivity index (χ0) is 9.15. The van der Waals surface area contributed by atoms with Gasteiger partial charge in [0, 0.05) is 13.1 Å². The van der Waals surface area contributed by atoms with Crippen LogP contribution >= 0.6 is 0 Å². The normalized spacial score (nSPS) is 28.0. The van der Waals surface area contributed by atoms with Crippen LogP contribution in [0.25, 0.3) is 0 Å². The second-order valence-electron chi connectivity index (χ2n) is 4.52. The van der Waals surface area contributed by atoms with Crippen molar-refractivity contribution in [2.24, 2.45) is 5.41 Å². The molecule has 2 saturated heterocycles. The van der Waals surface area contributed by atoms with Gasteiger partial charge in [0.25, 0.3) is 0 Å². The molecule has 0 radical (unpaired) electrons. The second kappa shape index (κ2) is 3.81. The number of piperidine rings is 1. The molecule has 74 valence electrons. The zero-order valence-corrected chi connectivity index (χ0v) is 8.39. The Bertz CT molecular complexity index is 173. The van der Waals surface area contributed by atoms with Gasteiger partial charge in [-0.05, 0) is 44.3 Å². The molecule has 0 aliphatic carbocycles. The van der Waals surface area contributed by atoms with Crippen molar-refractivity contribution < 1.29 is 0 Å². The Morgan fingerprint density at radius 3 is 2.62 bits per heavy atom. The maximum absolute atomic E-state index is 3.79. The van der Waals surface area contributed by atoms with E-state index in [4.69, 9.17) is 0 Å². The summed E-state index contributed by atoms with van der Waals surface area (Å²) in [6, 6.07) is 0. The summed E-state index contributed by atoms with van der Waals surface area (Å²) in [5, 5.41) is 3.49. The molecule has 2 heterocycles. The van der Waals surface area contributed by atoms with E-state index >= 15 is 0 Å². The molecule has 0 saturated carbocycles. The molecule has 0 bridgehead atoms. The van der Waals surface area contributed by atoms with Gasteiger partial charge in [0.15, 0.2) is 0 Å². The molecule has 2 rings (SSSR count). The number of likely N-dealkylation sites (tertiary alicyclic amines) is 1. The highest BCUT2D eigenvalue weighted by molar-refractivity contribution is 4.93. The largest absolute Gasteiger partial charge is 0.316 e. The molecule has 0 aromatic heterocycles. The first-order valence-electron chi connectivity index (χ1n) is 5.39. The lowest BCUT2D eigenvalue weighted by Gasteiger charge is -2.38. The smallest absolute Gasteiger partial charge is 0.0160 e. The maximum Gasteiger partial charge on any atom is 0.0160 e. The van der Waals surface area contributed by atoms with Gasteiger partial charge in [0.2, 0.25) is 0 Å². The summed E-state index contributed by atoms with van der Waals surface area (Å²) in [4.78, 5) is 2.51. The Morgan fingerprint density at radius 1 is 1.31 bits per heavy atom. The predicted molar refractivity (Wildman–Crippen MR) is 55.8 cm³/mol. The first kappa shape index (κ1) is 9.22. The zero-order valence-electron chi connectivity index (χ0n) is 8.39. The first-order chi connectivity index (χ1) is 6.35. The van der Waals surface area contributed by atoms with Gasteiger partial charge in [0.05, 0.1) is 0 Å². The molecule has 0 aromatic carbocycles. The summed E-state index contributed by atoms with van der Waals surface area (Å²) in [6.45, 7) is 9.90. The molecular formula is C11H20N2. The molecule has 2 aliphatic rings. The highest BCUT2D eigenvalue weighted by atomic mass is 15.1. The van der Waals surface area contributed by atoms with Crippen LogP contribution in [0.5, 0.6) is 0 Å². The van der Waals surface area contributed by atoms with Gasteiger partial charge < -0.3 is 5.32 Å². The van der Waals surface area contributed by atoms with E-state index in [1.54, 1.807) is 0 Å². The van der Waals surface area contributed by atoms with Crippen molar-refractivity contribution >= 4 is 0 Å². The van der Waals surface area contributed by atoms with Crippen LogP contribution in [0.1, 0.15) is 19.3 Å². The fourth-order valence-electron chi connectivity index (χ4n) is 2.61. The average molecular weight is 180 g/mol. The van der Waals surface area contributed by atoms with Crippen LogP contribution in [0, 0.1) is 5.41 Å². The fraction of sp³-hybridized carbons (Fsp3) is 0.818. The topological polar surface area (TPSA) is 15.3 Å². The molecule has 0 unspecified atom stereocenters. The van der Waals surface area contributed by atoms with E-state index < -0.39 is 0 Å². The summed E-state index contributed by atoms with van der Waals surface area (Å²) in [5.41, 5.74) is 0.664. The molecule has 0 amide bonds. The monoisotopic (exact) mass is 180 g/mol. The highest BCUT2D eigenvalue weighted by Crippen LogP contribution is 2.36. The van der Waals surface area contributed by atoms with Crippen LogP contribution in [0.2, 0.25) is 0 Å². The average Bonchev–Trinajstić information content (AvgIpc) is 2.59. The summed E-state index contributed by atoms with van der Waals surface area (Å²) in [7, 11) is 0. The molecule has 13 heavy (non-hydrogen) atoms. The van der Waals surface area contributed by atoms with E-state index in [9.17, 15) is 0 Å². The molecular weight excluding hydrogens is 160 g/mol.